The number of carbonyl (C=O) groups excluding carboxylic acids is 2. The molecule has 34 heavy (non-hydrogen) atoms. The van der Waals surface area contributed by atoms with Crippen LogP contribution in [0.5, 0.6) is 0 Å². The molecule has 4 heterocycles. The topological polar surface area (TPSA) is 72.9 Å². The number of amides is 2. The lowest BCUT2D eigenvalue weighted by atomic mass is 10.2. The number of hydrogen-bond donors (Lipinski definition) is 0. The Morgan fingerprint density at radius 1 is 0.824 bits per heavy atom. The molecule has 2 aromatic heterocycles. The van der Waals surface area contributed by atoms with E-state index in [4.69, 9.17) is 11.6 Å². The van der Waals surface area contributed by atoms with Gasteiger partial charge in [0.05, 0.1) is 0 Å². The van der Waals surface area contributed by atoms with E-state index < -0.39 is 0 Å². The Morgan fingerprint density at radius 2 is 1.41 bits per heavy atom. The number of rotatable bonds is 5. The van der Waals surface area contributed by atoms with Crippen LogP contribution in [0.1, 0.15) is 12.8 Å². The SMILES string of the molecule is O=C(CCC(=O)N1CCN(c2nc3cccnc3s2)CC1)N1CCN(c2ccc(Cl)cc2)CC1. The van der Waals surface area contributed by atoms with Crippen molar-refractivity contribution in [3.63, 3.8) is 0 Å². The number of fused-ring (bicyclic) bond motifs is 1. The first kappa shape index (κ1) is 22.9. The third kappa shape index (κ3) is 5.10. The van der Waals surface area contributed by atoms with E-state index in [-0.39, 0.29) is 24.7 Å². The molecule has 0 spiro atoms. The molecule has 0 radical (unpaired) electrons. The Hall–Kier alpha value is -2.91. The minimum atomic E-state index is 0.0544. The molecule has 0 saturated carbocycles. The first-order chi connectivity index (χ1) is 16.6. The van der Waals surface area contributed by atoms with E-state index in [1.54, 1.807) is 17.5 Å². The van der Waals surface area contributed by atoms with Crippen LogP contribution >= 0.6 is 22.9 Å². The van der Waals surface area contributed by atoms with E-state index in [9.17, 15) is 9.59 Å². The van der Waals surface area contributed by atoms with Crippen molar-refractivity contribution in [2.45, 2.75) is 12.8 Å². The number of benzene rings is 1. The minimum Gasteiger partial charge on any atom is -0.368 e. The largest absolute Gasteiger partial charge is 0.368 e. The van der Waals surface area contributed by atoms with Gasteiger partial charge in [0, 0.05) is 82.1 Å². The molecule has 0 aliphatic carbocycles. The molecule has 1 aromatic carbocycles. The Kier molecular flexibility index (Phi) is 6.82. The maximum absolute atomic E-state index is 12.7. The summed E-state index contributed by atoms with van der Waals surface area (Å²) in [7, 11) is 0. The molecule has 2 amide bonds. The van der Waals surface area contributed by atoms with Gasteiger partial charge < -0.3 is 19.6 Å². The molecule has 5 rings (SSSR count). The van der Waals surface area contributed by atoms with Gasteiger partial charge in [-0.15, -0.1) is 0 Å². The number of thiazole rings is 1. The lowest BCUT2D eigenvalue weighted by Crippen LogP contribution is -2.50. The van der Waals surface area contributed by atoms with E-state index in [0.717, 1.165) is 52.4 Å². The lowest BCUT2D eigenvalue weighted by Gasteiger charge is -2.36. The van der Waals surface area contributed by atoms with Crippen LogP contribution in [0.4, 0.5) is 10.8 Å². The number of aromatic nitrogens is 2. The van der Waals surface area contributed by atoms with Gasteiger partial charge in [0.25, 0.3) is 0 Å². The van der Waals surface area contributed by atoms with Crippen molar-refractivity contribution in [1.82, 2.24) is 19.8 Å². The van der Waals surface area contributed by atoms with Crippen LogP contribution in [-0.2, 0) is 9.59 Å². The summed E-state index contributed by atoms with van der Waals surface area (Å²) in [5.74, 6) is 0.114. The molecule has 2 aliphatic rings. The molecule has 0 unspecified atom stereocenters. The minimum absolute atomic E-state index is 0.0544. The fourth-order valence-corrected chi connectivity index (χ4v) is 5.52. The Balaban J connectivity index is 1.05. The van der Waals surface area contributed by atoms with Gasteiger partial charge in [-0.1, -0.05) is 22.9 Å². The van der Waals surface area contributed by atoms with Crippen LogP contribution < -0.4 is 9.80 Å². The second kappa shape index (κ2) is 10.1. The maximum atomic E-state index is 12.7. The zero-order valence-corrected chi connectivity index (χ0v) is 20.5. The average molecular weight is 499 g/mol. The Bertz CT molecular complexity index is 1120. The average Bonchev–Trinajstić information content (AvgIpc) is 3.32. The van der Waals surface area contributed by atoms with Gasteiger partial charge in [0.15, 0.2) is 5.13 Å². The summed E-state index contributed by atoms with van der Waals surface area (Å²) in [5.41, 5.74) is 2.03. The molecule has 3 aromatic rings. The molecule has 0 bridgehead atoms. The molecule has 10 heteroatoms. The summed E-state index contributed by atoms with van der Waals surface area (Å²) in [5, 5.41) is 1.67. The van der Waals surface area contributed by atoms with E-state index in [1.807, 2.05) is 46.2 Å². The molecule has 8 nitrogen and oxygen atoms in total. The van der Waals surface area contributed by atoms with Crippen LogP contribution in [0.15, 0.2) is 42.6 Å². The zero-order valence-electron chi connectivity index (χ0n) is 18.9. The predicted octanol–water partition coefficient (Wildman–Crippen LogP) is 3.12. The first-order valence-electron chi connectivity index (χ1n) is 11.6. The van der Waals surface area contributed by atoms with Crippen molar-refractivity contribution in [3.05, 3.63) is 47.6 Å². The standard InChI is InChI=1S/C24H27ClN6O2S/c25-18-3-5-19(6-4-18)28-10-12-29(13-11-28)21(32)7-8-22(33)30-14-16-31(17-15-30)24-27-20-2-1-9-26-23(20)34-24/h1-6,9H,7-8,10-17H2. The Morgan fingerprint density at radius 3 is 2.00 bits per heavy atom. The van der Waals surface area contributed by atoms with Crippen LogP contribution in [0.2, 0.25) is 5.02 Å². The highest BCUT2D eigenvalue weighted by atomic mass is 35.5. The molecule has 0 N–H and O–H groups in total. The summed E-state index contributed by atoms with van der Waals surface area (Å²) in [4.78, 5) is 43.6. The summed E-state index contributed by atoms with van der Waals surface area (Å²) in [6.45, 7) is 5.69. The van der Waals surface area contributed by atoms with Gasteiger partial charge in [-0.05, 0) is 36.4 Å². The van der Waals surface area contributed by atoms with Crippen molar-refractivity contribution < 1.29 is 9.59 Å². The van der Waals surface area contributed by atoms with Crippen molar-refractivity contribution in [1.29, 1.82) is 0 Å². The van der Waals surface area contributed by atoms with Crippen LogP contribution in [0.25, 0.3) is 10.3 Å². The highest BCUT2D eigenvalue weighted by Gasteiger charge is 2.25. The highest BCUT2D eigenvalue weighted by Crippen LogP contribution is 2.27. The lowest BCUT2D eigenvalue weighted by molar-refractivity contribution is -0.137. The van der Waals surface area contributed by atoms with Crippen molar-refractivity contribution in [2.24, 2.45) is 0 Å². The van der Waals surface area contributed by atoms with E-state index in [2.05, 4.69) is 19.8 Å². The van der Waals surface area contributed by atoms with Gasteiger partial charge >= 0.3 is 0 Å². The number of piperazine rings is 2. The zero-order chi connectivity index (χ0) is 23.5. The van der Waals surface area contributed by atoms with Gasteiger partial charge in [-0.25, -0.2) is 9.97 Å². The fourth-order valence-electron chi connectivity index (χ4n) is 4.44. The normalized spacial score (nSPS) is 16.9. The van der Waals surface area contributed by atoms with E-state index in [1.165, 1.54) is 0 Å². The van der Waals surface area contributed by atoms with E-state index in [0.29, 0.717) is 26.2 Å². The number of nitrogens with zero attached hydrogens (tertiary/aromatic N) is 6. The van der Waals surface area contributed by atoms with Crippen molar-refractivity contribution >= 4 is 55.9 Å². The second-order valence-corrected chi connectivity index (χ2v) is 9.93. The molecule has 2 saturated heterocycles. The van der Waals surface area contributed by atoms with Crippen molar-refractivity contribution in [3.8, 4) is 0 Å². The quantitative estimate of drug-likeness (QED) is 0.538. The van der Waals surface area contributed by atoms with Gasteiger partial charge in [-0.3, -0.25) is 9.59 Å². The molecule has 2 aliphatic heterocycles. The van der Waals surface area contributed by atoms with Crippen molar-refractivity contribution in [2.75, 3.05) is 62.2 Å². The number of pyridine rings is 1. The van der Waals surface area contributed by atoms with Gasteiger partial charge in [0.1, 0.15) is 10.3 Å². The first-order valence-corrected chi connectivity index (χ1v) is 12.8. The monoisotopic (exact) mass is 498 g/mol. The maximum Gasteiger partial charge on any atom is 0.223 e. The third-order valence-corrected chi connectivity index (χ3v) is 7.73. The Labute approximate surface area is 207 Å². The number of carbonyl (C=O) groups is 2. The van der Waals surface area contributed by atoms with Crippen LogP contribution in [0, 0.1) is 0 Å². The smallest absolute Gasteiger partial charge is 0.223 e. The van der Waals surface area contributed by atoms with Crippen LogP contribution in [0.3, 0.4) is 0 Å². The summed E-state index contributed by atoms with van der Waals surface area (Å²) >= 11 is 7.56. The molecule has 178 valence electrons. The fraction of sp³-hybridized carbons (Fsp3) is 0.417. The van der Waals surface area contributed by atoms with Gasteiger partial charge in [0.2, 0.25) is 11.8 Å². The number of halogens is 1. The summed E-state index contributed by atoms with van der Waals surface area (Å²) in [6.07, 6.45) is 2.31. The number of hydrogen-bond acceptors (Lipinski definition) is 7. The third-order valence-electron chi connectivity index (χ3n) is 6.43. The molecule has 2 fully saturated rings. The summed E-state index contributed by atoms with van der Waals surface area (Å²) < 4.78 is 0. The van der Waals surface area contributed by atoms with Crippen LogP contribution in [-0.4, -0.2) is 83.9 Å². The molecule has 0 atom stereocenters. The summed E-state index contributed by atoms with van der Waals surface area (Å²) in [6, 6.07) is 11.6. The van der Waals surface area contributed by atoms with E-state index >= 15 is 0 Å². The predicted molar refractivity (Wildman–Crippen MR) is 136 cm³/mol. The van der Waals surface area contributed by atoms with Gasteiger partial charge in [-0.2, -0.15) is 0 Å². The highest BCUT2D eigenvalue weighted by molar-refractivity contribution is 7.21. The molecular formula is C24H27ClN6O2S. The molecular weight excluding hydrogens is 472 g/mol. The second-order valence-electron chi connectivity index (χ2n) is 8.54. The number of anilines is 2.